The molecule has 0 aliphatic heterocycles. The standard InChI is InChI=1S/C9H9NO4S/c11-9(12)8(10-15(13)14)6-7-4-2-1-3-5-7/h1-5,8H,6H2,(H,11,12)/t8-/m1/s1. The molecule has 1 atom stereocenters. The van der Waals surface area contributed by atoms with E-state index in [1.54, 1.807) is 30.3 Å². The van der Waals surface area contributed by atoms with Gasteiger partial charge in [0.05, 0.1) is 0 Å². The lowest BCUT2D eigenvalue weighted by Gasteiger charge is -2.04. The molecule has 0 heterocycles. The lowest BCUT2D eigenvalue weighted by Crippen LogP contribution is -2.20. The first kappa shape index (κ1) is 11.4. The van der Waals surface area contributed by atoms with Crippen molar-refractivity contribution in [2.24, 2.45) is 4.36 Å². The largest absolute Gasteiger partial charge is 0.480 e. The maximum Gasteiger partial charge on any atom is 0.330 e. The minimum Gasteiger partial charge on any atom is -0.480 e. The number of aliphatic carboxylic acids is 1. The van der Waals surface area contributed by atoms with Gasteiger partial charge in [0, 0.05) is 6.42 Å². The molecule has 0 aliphatic carbocycles. The van der Waals surface area contributed by atoms with Crippen LogP contribution in [0.15, 0.2) is 34.7 Å². The van der Waals surface area contributed by atoms with E-state index in [1.807, 2.05) is 0 Å². The molecule has 0 fully saturated rings. The Bertz CT molecular complexity index is 458. The molecule has 0 saturated carbocycles. The van der Waals surface area contributed by atoms with Crippen molar-refractivity contribution in [3.8, 4) is 0 Å². The van der Waals surface area contributed by atoms with Crippen LogP contribution < -0.4 is 0 Å². The first-order valence-corrected chi connectivity index (χ1v) is 5.19. The van der Waals surface area contributed by atoms with Crippen molar-refractivity contribution in [1.29, 1.82) is 0 Å². The number of hydrogen-bond acceptors (Lipinski definition) is 4. The Balaban J connectivity index is 2.86. The minimum atomic E-state index is -2.70. The van der Waals surface area contributed by atoms with Crippen LogP contribution in [0.5, 0.6) is 0 Å². The summed E-state index contributed by atoms with van der Waals surface area (Å²) in [6.07, 6.45) is 0.0736. The molecule has 1 aromatic rings. The van der Waals surface area contributed by atoms with Crippen molar-refractivity contribution in [3.63, 3.8) is 0 Å². The number of carboxylic acids is 1. The molecule has 5 nitrogen and oxygen atoms in total. The summed E-state index contributed by atoms with van der Waals surface area (Å²) in [7, 11) is -2.70. The highest BCUT2D eigenvalue weighted by Crippen LogP contribution is 2.05. The Labute approximate surface area is 88.1 Å². The van der Waals surface area contributed by atoms with Gasteiger partial charge in [0.15, 0.2) is 6.04 Å². The molecular formula is C9H9NO4S. The normalized spacial score (nSPS) is 11.7. The van der Waals surface area contributed by atoms with Gasteiger partial charge >= 0.3 is 16.5 Å². The second-order valence-corrected chi connectivity index (χ2v) is 3.51. The van der Waals surface area contributed by atoms with E-state index in [9.17, 15) is 13.2 Å². The van der Waals surface area contributed by atoms with Gasteiger partial charge in [-0.05, 0) is 5.56 Å². The molecule has 0 aliphatic rings. The Morgan fingerprint density at radius 1 is 1.33 bits per heavy atom. The summed E-state index contributed by atoms with van der Waals surface area (Å²) >= 11 is 0. The maximum atomic E-state index is 10.7. The van der Waals surface area contributed by atoms with Gasteiger partial charge in [-0.15, -0.1) is 0 Å². The summed E-state index contributed by atoms with van der Waals surface area (Å²) in [4.78, 5) is 10.7. The maximum absolute atomic E-state index is 10.7. The van der Waals surface area contributed by atoms with Crippen molar-refractivity contribution >= 4 is 16.5 Å². The molecule has 0 saturated heterocycles. The number of carboxylic acid groups (broad SMARTS) is 1. The zero-order chi connectivity index (χ0) is 11.3. The van der Waals surface area contributed by atoms with E-state index in [2.05, 4.69) is 4.36 Å². The highest BCUT2D eigenvalue weighted by atomic mass is 32.2. The number of nitrogens with zero attached hydrogens (tertiary/aromatic N) is 1. The van der Waals surface area contributed by atoms with E-state index in [4.69, 9.17) is 5.11 Å². The first-order chi connectivity index (χ1) is 7.09. The van der Waals surface area contributed by atoms with Gasteiger partial charge in [-0.25, -0.2) is 4.79 Å². The van der Waals surface area contributed by atoms with E-state index in [-0.39, 0.29) is 6.42 Å². The van der Waals surface area contributed by atoms with E-state index < -0.39 is 22.5 Å². The fraction of sp³-hybridized carbons (Fsp3) is 0.222. The van der Waals surface area contributed by atoms with Crippen LogP contribution in [0.3, 0.4) is 0 Å². The Kier molecular flexibility index (Phi) is 3.99. The molecule has 0 unspecified atom stereocenters. The Morgan fingerprint density at radius 3 is 2.40 bits per heavy atom. The number of rotatable bonds is 4. The summed E-state index contributed by atoms with van der Waals surface area (Å²) in [5, 5.41) is 8.72. The van der Waals surface area contributed by atoms with Gasteiger partial charge in [0.1, 0.15) is 0 Å². The molecule has 1 rings (SSSR count). The first-order valence-electron chi connectivity index (χ1n) is 4.16. The van der Waals surface area contributed by atoms with Crippen LogP contribution in [0.1, 0.15) is 5.56 Å². The molecule has 0 bridgehead atoms. The average molecular weight is 227 g/mol. The molecule has 1 N–H and O–H groups in total. The minimum absolute atomic E-state index is 0.0736. The molecule has 0 aromatic heterocycles. The number of hydrogen-bond donors (Lipinski definition) is 1. The topological polar surface area (TPSA) is 83.8 Å². The summed E-state index contributed by atoms with van der Waals surface area (Å²) in [5.41, 5.74) is 0.735. The lowest BCUT2D eigenvalue weighted by atomic mass is 10.1. The average Bonchev–Trinajstić information content (AvgIpc) is 2.17. The molecule has 80 valence electrons. The van der Waals surface area contributed by atoms with Crippen LogP contribution in [-0.4, -0.2) is 25.5 Å². The monoisotopic (exact) mass is 227 g/mol. The third-order valence-corrected chi connectivity index (χ3v) is 2.20. The molecule has 0 radical (unpaired) electrons. The predicted molar refractivity (Wildman–Crippen MR) is 52.9 cm³/mol. The summed E-state index contributed by atoms with van der Waals surface area (Å²) in [6, 6.07) is 7.50. The van der Waals surface area contributed by atoms with Crippen molar-refractivity contribution in [2.75, 3.05) is 0 Å². The molecule has 0 amide bonds. The van der Waals surface area contributed by atoms with Gasteiger partial charge in [0.2, 0.25) is 0 Å². The van der Waals surface area contributed by atoms with Gasteiger partial charge < -0.3 is 5.11 Å². The zero-order valence-electron chi connectivity index (χ0n) is 7.70. The highest BCUT2D eigenvalue weighted by molar-refractivity contribution is 7.61. The quantitative estimate of drug-likeness (QED) is 0.822. The highest BCUT2D eigenvalue weighted by Gasteiger charge is 2.17. The van der Waals surface area contributed by atoms with Gasteiger partial charge in [-0.3, -0.25) is 0 Å². The smallest absolute Gasteiger partial charge is 0.330 e. The second kappa shape index (κ2) is 5.26. The molecular weight excluding hydrogens is 218 g/mol. The molecule has 15 heavy (non-hydrogen) atoms. The van der Waals surface area contributed by atoms with Gasteiger partial charge in [0.25, 0.3) is 0 Å². The third kappa shape index (κ3) is 3.90. The van der Waals surface area contributed by atoms with Crippen LogP contribution in [0.4, 0.5) is 0 Å². The summed E-state index contributed by atoms with van der Waals surface area (Å²) in [5.74, 6) is -1.25. The van der Waals surface area contributed by atoms with Crippen LogP contribution in [0.2, 0.25) is 0 Å². The van der Waals surface area contributed by atoms with Crippen LogP contribution in [0, 0.1) is 0 Å². The van der Waals surface area contributed by atoms with E-state index in [0.29, 0.717) is 0 Å². The predicted octanol–water partition coefficient (Wildman–Crippen LogP) is 0.745. The van der Waals surface area contributed by atoms with Crippen molar-refractivity contribution in [2.45, 2.75) is 12.5 Å². The molecule has 6 heteroatoms. The summed E-state index contributed by atoms with van der Waals surface area (Å²) in [6.45, 7) is 0. The fourth-order valence-electron chi connectivity index (χ4n) is 1.11. The van der Waals surface area contributed by atoms with Gasteiger partial charge in [-0.1, -0.05) is 30.3 Å². The van der Waals surface area contributed by atoms with Crippen LogP contribution in [0.25, 0.3) is 0 Å². The summed E-state index contributed by atoms with van der Waals surface area (Å²) < 4.78 is 23.6. The number of carbonyl (C=O) groups is 1. The van der Waals surface area contributed by atoms with E-state index >= 15 is 0 Å². The van der Waals surface area contributed by atoms with E-state index in [1.165, 1.54) is 0 Å². The van der Waals surface area contributed by atoms with Crippen LogP contribution in [-0.2, 0) is 21.7 Å². The second-order valence-electron chi connectivity index (χ2n) is 2.87. The van der Waals surface area contributed by atoms with Crippen molar-refractivity contribution in [3.05, 3.63) is 35.9 Å². The lowest BCUT2D eigenvalue weighted by molar-refractivity contribution is -0.138. The third-order valence-electron chi connectivity index (χ3n) is 1.77. The van der Waals surface area contributed by atoms with Crippen molar-refractivity contribution < 1.29 is 18.3 Å². The SMILES string of the molecule is O=C(O)[C@@H](Cc1ccccc1)N=S(=O)=O. The van der Waals surface area contributed by atoms with Gasteiger partial charge in [-0.2, -0.15) is 12.8 Å². The molecule has 1 aromatic carbocycles. The Morgan fingerprint density at radius 2 is 1.93 bits per heavy atom. The van der Waals surface area contributed by atoms with E-state index in [0.717, 1.165) is 5.56 Å². The number of benzene rings is 1. The fourth-order valence-corrected chi connectivity index (χ4v) is 1.48. The van der Waals surface area contributed by atoms with Crippen LogP contribution >= 0.6 is 0 Å². The van der Waals surface area contributed by atoms with Crippen molar-refractivity contribution in [1.82, 2.24) is 0 Å². The Hall–Kier alpha value is -1.69. The molecule has 0 spiro atoms. The zero-order valence-corrected chi connectivity index (χ0v) is 8.52.